The van der Waals surface area contributed by atoms with Gasteiger partial charge >= 0.3 is 0 Å². The fourth-order valence-electron chi connectivity index (χ4n) is 3.52. The molecular formula is C19H27N3OS2. The highest BCUT2D eigenvalue weighted by molar-refractivity contribution is 7.10. The van der Waals surface area contributed by atoms with E-state index >= 15 is 0 Å². The second-order valence-electron chi connectivity index (χ2n) is 6.54. The summed E-state index contributed by atoms with van der Waals surface area (Å²) in [6, 6.07) is 8.68. The Kier molecular flexibility index (Phi) is 6.64. The number of rotatable bonds is 7. The molecule has 3 heterocycles. The number of amides is 1. The monoisotopic (exact) mass is 377 g/mol. The van der Waals surface area contributed by atoms with Gasteiger partial charge in [0.15, 0.2) is 0 Å². The molecule has 2 atom stereocenters. The maximum atomic E-state index is 12.4. The summed E-state index contributed by atoms with van der Waals surface area (Å²) in [6.45, 7) is 9.80. The zero-order valence-corrected chi connectivity index (χ0v) is 16.6. The molecule has 1 aliphatic rings. The van der Waals surface area contributed by atoms with Gasteiger partial charge in [0.25, 0.3) is 0 Å². The Bertz CT molecular complexity index is 634. The zero-order chi connectivity index (χ0) is 17.6. The molecule has 0 bridgehead atoms. The van der Waals surface area contributed by atoms with E-state index in [0.29, 0.717) is 6.42 Å². The molecule has 0 radical (unpaired) electrons. The minimum Gasteiger partial charge on any atom is -0.351 e. The van der Waals surface area contributed by atoms with Crippen LogP contribution in [0.25, 0.3) is 0 Å². The van der Waals surface area contributed by atoms with Crippen LogP contribution in [-0.4, -0.2) is 54.5 Å². The molecule has 1 amide bonds. The number of thiophene rings is 2. The van der Waals surface area contributed by atoms with Gasteiger partial charge in [0.2, 0.25) is 5.91 Å². The van der Waals surface area contributed by atoms with Gasteiger partial charge in [0.1, 0.15) is 0 Å². The second kappa shape index (κ2) is 8.94. The van der Waals surface area contributed by atoms with Gasteiger partial charge in [-0.3, -0.25) is 9.69 Å². The summed E-state index contributed by atoms with van der Waals surface area (Å²) in [5.74, 6) is 0.115. The summed E-state index contributed by atoms with van der Waals surface area (Å²) >= 11 is 3.43. The number of likely N-dealkylation sites (N-methyl/N-ethyl adjacent to an activating group) is 1. The Morgan fingerprint density at radius 1 is 1.16 bits per heavy atom. The topological polar surface area (TPSA) is 35.6 Å². The second-order valence-corrected chi connectivity index (χ2v) is 8.55. The first kappa shape index (κ1) is 18.6. The maximum absolute atomic E-state index is 12.4. The highest BCUT2D eigenvalue weighted by atomic mass is 32.1. The molecule has 0 spiro atoms. The average Bonchev–Trinajstić information content (AvgIpc) is 3.30. The summed E-state index contributed by atoms with van der Waals surface area (Å²) in [4.78, 5) is 19.9. The van der Waals surface area contributed by atoms with Gasteiger partial charge in [-0.05, 0) is 36.4 Å². The third kappa shape index (κ3) is 4.91. The van der Waals surface area contributed by atoms with Crippen molar-refractivity contribution in [2.75, 3.05) is 32.7 Å². The van der Waals surface area contributed by atoms with Crippen LogP contribution in [-0.2, 0) is 11.2 Å². The van der Waals surface area contributed by atoms with E-state index in [4.69, 9.17) is 0 Å². The molecule has 2 aromatic heterocycles. The van der Waals surface area contributed by atoms with Crippen molar-refractivity contribution in [2.24, 2.45) is 0 Å². The smallest absolute Gasteiger partial charge is 0.225 e. The first-order valence-corrected chi connectivity index (χ1v) is 10.7. The summed E-state index contributed by atoms with van der Waals surface area (Å²) in [7, 11) is 0. The third-order valence-corrected chi connectivity index (χ3v) is 6.68. The minimum absolute atomic E-state index is 0.0966. The lowest BCUT2D eigenvalue weighted by molar-refractivity contribution is -0.121. The molecule has 4 nitrogen and oxygen atoms in total. The van der Waals surface area contributed by atoms with Crippen LogP contribution in [0.3, 0.4) is 0 Å². The van der Waals surface area contributed by atoms with Crippen molar-refractivity contribution in [3.63, 3.8) is 0 Å². The van der Waals surface area contributed by atoms with E-state index in [1.165, 1.54) is 4.88 Å². The van der Waals surface area contributed by atoms with E-state index in [-0.39, 0.29) is 18.0 Å². The molecule has 0 aliphatic carbocycles. The minimum atomic E-state index is 0.0966. The van der Waals surface area contributed by atoms with Crippen molar-refractivity contribution in [3.05, 3.63) is 44.8 Å². The van der Waals surface area contributed by atoms with Crippen LogP contribution < -0.4 is 5.32 Å². The third-order valence-electron chi connectivity index (χ3n) is 4.86. The van der Waals surface area contributed by atoms with Gasteiger partial charge in [0, 0.05) is 42.0 Å². The molecule has 136 valence electrons. The van der Waals surface area contributed by atoms with Crippen LogP contribution in [0.4, 0.5) is 0 Å². The van der Waals surface area contributed by atoms with Crippen molar-refractivity contribution in [3.8, 4) is 0 Å². The normalized spacial score (nSPS) is 18.8. The SMILES string of the molecule is CCN1CCN([C@H](c2cccs2)[C@@H](C)NC(=O)Cc2cccs2)CC1. The van der Waals surface area contributed by atoms with Crippen molar-refractivity contribution < 1.29 is 4.79 Å². The largest absolute Gasteiger partial charge is 0.351 e. The summed E-state index contributed by atoms with van der Waals surface area (Å²) in [5, 5.41) is 7.40. The van der Waals surface area contributed by atoms with E-state index in [1.807, 2.05) is 17.5 Å². The molecule has 1 saturated heterocycles. The summed E-state index contributed by atoms with van der Waals surface area (Å²) < 4.78 is 0. The predicted octanol–water partition coefficient (Wildman–Crippen LogP) is 3.24. The highest BCUT2D eigenvalue weighted by Crippen LogP contribution is 2.29. The van der Waals surface area contributed by atoms with Crippen molar-refractivity contribution in [1.29, 1.82) is 0 Å². The standard InChI is InChI=1S/C19H27N3OS2/c1-3-21-8-10-22(11-9-21)19(17-7-5-13-25-17)15(2)20-18(23)14-16-6-4-12-24-16/h4-7,12-13,15,19H,3,8-11,14H2,1-2H3,(H,20,23)/t15-,19+/m1/s1. The van der Waals surface area contributed by atoms with Crippen molar-refractivity contribution >= 4 is 28.6 Å². The lowest BCUT2D eigenvalue weighted by atomic mass is 10.0. The first-order valence-electron chi connectivity index (χ1n) is 8.99. The maximum Gasteiger partial charge on any atom is 0.225 e. The number of hydrogen-bond donors (Lipinski definition) is 1. The molecule has 25 heavy (non-hydrogen) atoms. The molecule has 2 aromatic rings. The number of hydrogen-bond acceptors (Lipinski definition) is 5. The van der Waals surface area contributed by atoms with Crippen LogP contribution in [0.1, 0.15) is 29.6 Å². The molecule has 1 fully saturated rings. The van der Waals surface area contributed by atoms with E-state index in [9.17, 15) is 4.79 Å². The van der Waals surface area contributed by atoms with Crippen LogP contribution in [0.5, 0.6) is 0 Å². The van der Waals surface area contributed by atoms with E-state index in [2.05, 4.69) is 46.5 Å². The molecule has 1 aliphatic heterocycles. The molecule has 6 heteroatoms. The van der Waals surface area contributed by atoms with Crippen LogP contribution in [0.2, 0.25) is 0 Å². The molecule has 1 N–H and O–H groups in total. The van der Waals surface area contributed by atoms with Crippen LogP contribution >= 0.6 is 22.7 Å². The molecule has 3 rings (SSSR count). The Morgan fingerprint density at radius 3 is 2.48 bits per heavy atom. The number of nitrogens with zero attached hydrogens (tertiary/aromatic N) is 2. The number of carbonyl (C=O) groups excluding carboxylic acids is 1. The number of nitrogens with one attached hydrogen (secondary N) is 1. The summed E-state index contributed by atoms with van der Waals surface area (Å²) in [6.07, 6.45) is 0.475. The molecular weight excluding hydrogens is 350 g/mol. The van der Waals surface area contributed by atoms with Gasteiger partial charge in [-0.2, -0.15) is 0 Å². The lowest BCUT2D eigenvalue weighted by Crippen LogP contribution is -2.52. The zero-order valence-electron chi connectivity index (χ0n) is 15.0. The molecule has 0 aromatic carbocycles. The van der Waals surface area contributed by atoms with Crippen molar-refractivity contribution in [2.45, 2.75) is 32.4 Å². The Hall–Kier alpha value is -1.21. The Balaban J connectivity index is 1.65. The van der Waals surface area contributed by atoms with Crippen LogP contribution in [0, 0.1) is 0 Å². The fraction of sp³-hybridized carbons (Fsp3) is 0.526. The fourth-order valence-corrected chi connectivity index (χ4v) is 5.18. The van der Waals surface area contributed by atoms with E-state index in [1.54, 1.807) is 22.7 Å². The summed E-state index contributed by atoms with van der Waals surface area (Å²) in [5.41, 5.74) is 0. The highest BCUT2D eigenvalue weighted by Gasteiger charge is 2.30. The first-order chi connectivity index (χ1) is 12.2. The van der Waals surface area contributed by atoms with Gasteiger partial charge in [-0.15, -0.1) is 22.7 Å². The predicted molar refractivity (Wildman–Crippen MR) is 106 cm³/mol. The van der Waals surface area contributed by atoms with Crippen LogP contribution in [0.15, 0.2) is 35.0 Å². The molecule has 0 saturated carbocycles. The number of piperazine rings is 1. The van der Waals surface area contributed by atoms with Gasteiger partial charge in [-0.25, -0.2) is 0 Å². The number of carbonyl (C=O) groups is 1. The van der Waals surface area contributed by atoms with E-state index < -0.39 is 0 Å². The lowest BCUT2D eigenvalue weighted by Gasteiger charge is -2.41. The van der Waals surface area contributed by atoms with Gasteiger partial charge in [0.05, 0.1) is 12.5 Å². The van der Waals surface area contributed by atoms with Gasteiger partial charge in [-0.1, -0.05) is 19.1 Å². The van der Waals surface area contributed by atoms with E-state index in [0.717, 1.165) is 37.6 Å². The quantitative estimate of drug-likeness (QED) is 0.805. The Labute approximate surface area is 158 Å². The molecule has 0 unspecified atom stereocenters. The average molecular weight is 378 g/mol. The van der Waals surface area contributed by atoms with Gasteiger partial charge < -0.3 is 10.2 Å². The Morgan fingerprint density at radius 2 is 1.88 bits per heavy atom. The van der Waals surface area contributed by atoms with Crippen molar-refractivity contribution in [1.82, 2.24) is 15.1 Å².